The van der Waals surface area contributed by atoms with Gasteiger partial charge in [-0.3, -0.25) is 0 Å². The summed E-state index contributed by atoms with van der Waals surface area (Å²) in [5.74, 6) is 0. The van der Waals surface area contributed by atoms with Crippen LogP contribution in [0.2, 0.25) is 5.02 Å². The van der Waals surface area contributed by atoms with Crippen molar-refractivity contribution < 1.29 is 0 Å². The van der Waals surface area contributed by atoms with Crippen LogP contribution >= 0.6 is 11.6 Å². The van der Waals surface area contributed by atoms with E-state index in [4.69, 9.17) is 17.3 Å². The Labute approximate surface area is 102 Å². The first kappa shape index (κ1) is 11.9. The third-order valence-electron chi connectivity index (χ3n) is 3.28. The Balaban J connectivity index is 1.86. The molecule has 2 rings (SSSR count). The van der Waals surface area contributed by atoms with Crippen molar-refractivity contribution in [1.82, 2.24) is 5.32 Å². The molecule has 0 amide bonds. The highest BCUT2D eigenvalue weighted by molar-refractivity contribution is 6.30. The summed E-state index contributed by atoms with van der Waals surface area (Å²) in [6.07, 6.45) is 4.91. The predicted octanol–water partition coefficient (Wildman–Crippen LogP) is 2.70. The van der Waals surface area contributed by atoms with Gasteiger partial charge in [0.1, 0.15) is 0 Å². The van der Waals surface area contributed by atoms with Crippen molar-refractivity contribution in [1.29, 1.82) is 0 Å². The van der Waals surface area contributed by atoms with E-state index in [2.05, 4.69) is 11.4 Å². The van der Waals surface area contributed by atoms with Gasteiger partial charge in [-0.2, -0.15) is 0 Å². The first-order chi connectivity index (χ1) is 7.75. The van der Waals surface area contributed by atoms with Crippen molar-refractivity contribution >= 4 is 11.6 Å². The van der Waals surface area contributed by atoms with Gasteiger partial charge in [-0.1, -0.05) is 36.6 Å². The number of halogens is 1. The zero-order valence-electron chi connectivity index (χ0n) is 9.45. The van der Waals surface area contributed by atoms with Crippen LogP contribution in [-0.4, -0.2) is 12.1 Å². The maximum Gasteiger partial charge on any atom is 0.0409 e. The van der Waals surface area contributed by atoms with Crippen LogP contribution in [0.1, 0.15) is 31.2 Å². The molecule has 1 saturated carbocycles. The molecule has 88 valence electrons. The van der Waals surface area contributed by atoms with Gasteiger partial charge >= 0.3 is 0 Å². The molecule has 1 aromatic carbocycles. The van der Waals surface area contributed by atoms with Crippen molar-refractivity contribution in [3.63, 3.8) is 0 Å². The SMILES string of the molecule is NC1CCCCC1NCc1cccc(Cl)c1. The molecule has 1 aliphatic carbocycles. The molecule has 3 heteroatoms. The first-order valence-corrected chi connectivity index (χ1v) is 6.37. The smallest absolute Gasteiger partial charge is 0.0409 e. The molecule has 1 fully saturated rings. The fraction of sp³-hybridized carbons (Fsp3) is 0.538. The molecular weight excluding hydrogens is 220 g/mol. The summed E-state index contributed by atoms with van der Waals surface area (Å²) in [4.78, 5) is 0. The predicted molar refractivity (Wildman–Crippen MR) is 68.5 cm³/mol. The van der Waals surface area contributed by atoms with Crippen molar-refractivity contribution in [2.45, 2.75) is 44.3 Å². The van der Waals surface area contributed by atoms with Crippen LogP contribution in [0.5, 0.6) is 0 Å². The molecular formula is C13H19ClN2. The molecule has 2 unspecified atom stereocenters. The molecule has 0 bridgehead atoms. The minimum Gasteiger partial charge on any atom is -0.326 e. The maximum atomic E-state index is 6.08. The number of nitrogens with one attached hydrogen (secondary N) is 1. The van der Waals surface area contributed by atoms with Crippen molar-refractivity contribution in [3.05, 3.63) is 34.9 Å². The lowest BCUT2D eigenvalue weighted by Crippen LogP contribution is -2.46. The third kappa shape index (κ3) is 3.21. The largest absolute Gasteiger partial charge is 0.326 e. The second-order valence-corrected chi connectivity index (χ2v) is 5.00. The van der Waals surface area contributed by atoms with Crippen molar-refractivity contribution in [2.24, 2.45) is 5.73 Å². The van der Waals surface area contributed by atoms with Crippen molar-refractivity contribution in [3.8, 4) is 0 Å². The Hall–Kier alpha value is -0.570. The average Bonchev–Trinajstić information content (AvgIpc) is 2.28. The van der Waals surface area contributed by atoms with E-state index < -0.39 is 0 Å². The van der Waals surface area contributed by atoms with E-state index >= 15 is 0 Å². The minimum atomic E-state index is 0.313. The van der Waals surface area contributed by atoms with Gasteiger partial charge in [0, 0.05) is 23.7 Å². The van der Waals surface area contributed by atoms with E-state index in [0.717, 1.165) is 18.0 Å². The van der Waals surface area contributed by atoms with Gasteiger partial charge in [0.2, 0.25) is 0 Å². The fourth-order valence-electron chi connectivity index (χ4n) is 2.31. The average molecular weight is 239 g/mol. The minimum absolute atomic E-state index is 0.313. The van der Waals surface area contributed by atoms with Crippen LogP contribution in [0.25, 0.3) is 0 Å². The zero-order valence-corrected chi connectivity index (χ0v) is 10.2. The van der Waals surface area contributed by atoms with E-state index in [9.17, 15) is 0 Å². The molecule has 2 nitrogen and oxygen atoms in total. The zero-order chi connectivity index (χ0) is 11.4. The molecule has 2 atom stereocenters. The summed E-state index contributed by atoms with van der Waals surface area (Å²) in [5, 5.41) is 4.33. The number of hydrogen-bond donors (Lipinski definition) is 2. The highest BCUT2D eigenvalue weighted by Crippen LogP contribution is 2.17. The summed E-state index contributed by atoms with van der Waals surface area (Å²) in [6, 6.07) is 8.76. The van der Waals surface area contributed by atoms with E-state index in [1.807, 2.05) is 18.2 Å². The Kier molecular flexibility index (Phi) is 4.22. The molecule has 0 saturated heterocycles. The molecule has 3 N–H and O–H groups in total. The summed E-state index contributed by atoms with van der Waals surface area (Å²) in [7, 11) is 0. The van der Waals surface area contributed by atoms with E-state index in [1.165, 1.54) is 24.8 Å². The number of hydrogen-bond acceptors (Lipinski definition) is 2. The quantitative estimate of drug-likeness (QED) is 0.850. The van der Waals surface area contributed by atoms with E-state index in [-0.39, 0.29) is 0 Å². The monoisotopic (exact) mass is 238 g/mol. The number of benzene rings is 1. The van der Waals surface area contributed by atoms with Gasteiger partial charge in [0.25, 0.3) is 0 Å². The van der Waals surface area contributed by atoms with Gasteiger partial charge in [0.05, 0.1) is 0 Å². The van der Waals surface area contributed by atoms with Gasteiger partial charge in [0.15, 0.2) is 0 Å². The van der Waals surface area contributed by atoms with Gasteiger partial charge in [-0.15, -0.1) is 0 Å². The number of nitrogens with two attached hydrogens (primary N) is 1. The third-order valence-corrected chi connectivity index (χ3v) is 3.51. The highest BCUT2D eigenvalue weighted by atomic mass is 35.5. The summed E-state index contributed by atoms with van der Waals surface area (Å²) in [6.45, 7) is 0.860. The van der Waals surface area contributed by atoms with Crippen molar-refractivity contribution in [2.75, 3.05) is 0 Å². The van der Waals surface area contributed by atoms with Crippen LogP contribution in [0.4, 0.5) is 0 Å². The molecule has 0 aromatic heterocycles. The molecule has 0 aliphatic heterocycles. The molecule has 1 aromatic rings. The van der Waals surface area contributed by atoms with Crippen LogP contribution < -0.4 is 11.1 Å². The fourth-order valence-corrected chi connectivity index (χ4v) is 2.52. The van der Waals surface area contributed by atoms with E-state index in [1.54, 1.807) is 0 Å². The van der Waals surface area contributed by atoms with Gasteiger partial charge in [-0.25, -0.2) is 0 Å². The topological polar surface area (TPSA) is 38.0 Å². The highest BCUT2D eigenvalue weighted by Gasteiger charge is 2.20. The molecule has 0 radical (unpaired) electrons. The van der Waals surface area contributed by atoms with Crippen LogP contribution in [0, 0.1) is 0 Å². The molecule has 1 aliphatic rings. The molecule has 16 heavy (non-hydrogen) atoms. The molecule has 0 heterocycles. The lowest BCUT2D eigenvalue weighted by Gasteiger charge is -2.29. The lowest BCUT2D eigenvalue weighted by molar-refractivity contribution is 0.326. The summed E-state index contributed by atoms with van der Waals surface area (Å²) >= 11 is 5.94. The second-order valence-electron chi connectivity index (χ2n) is 4.57. The Morgan fingerprint density at radius 2 is 2.12 bits per heavy atom. The summed E-state index contributed by atoms with van der Waals surface area (Å²) < 4.78 is 0. The van der Waals surface area contributed by atoms with Gasteiger partial charge in [-0.05, 0) is 30.5 Å². The number of rotatable bonds is 3. The second kappa shape index (κ2) is 5.67. The molecule has 0 spiro atoms. The Morgan fingerprint density at radius 3 is 2.88 bits per heavy atom. The normalized spacial score (nSPS) is 25.6. The Morgan fingerprint density at radius 1 is 1.31 bits per heavy atom. The van der Waals surface area contributed by atoms with E-state index in [0.29, 0.717) is 12.1 Å². The van der Waals surface area contributed by atoms with Crippen LogP contribution in [0.15, 0.2) is 24.3 Å². The standard InChI is InChI=1S/C13H19ClN2/c14-11-5-3-4-10(8-11)9-16-13-7-2-1-6-12(13)15/h3-5,8,12-13,16H,1-2,6-7,9,15H2. The lowest BCUT2D eigenvalue weighted by atomic mass is 9.91. The van der Waals surface area contributed by atoms with Crippen LogP contribution in [0.3, 0.4) is 0 Å². The Bertz CT molecular complexity index is 340. The first-order valence-electron chi connectivity index (χ1n) is 5.99. The van der Waals surface area contributed by atoms with Gasteiger partial charge < -0.3 is 11.1 Å². The van der Waals surface area contributed by atoms with Crippen LogP contribution in [-0.2, 0) is 6.54 Å². The summed E-state index contributed by atoms with van der Waals surface area (Å²) in [5.41, 5.74) is 7.31. The maximum absolute atomic E-state index is 6.08.